The number of fused-ring (bicyclic) bond motifs is 1. The molecule has 1 aromatic rings. The Morgan fingerprint density at radius 1 is 1.35 bits per heavy atom. The Bertz CT molecular complexity index is 469. The number of hydrogen-bond acceptors (Lipinski definition) is 3. The molecule has 0 saturated heterocycles. The van der Waals surface area contributed by atoms with Gasteiger partial charge in [0.2, 0.25) is 6.79 Å². The highest BCUT2D eigenvalue weighted by Crippen LogP contribution is 2.49. The van der Waals surface area contributed by atoms with Crippen molar-refractivity contribution in [2.24, 2.45) is 5.73 Å². The molecule has 1 fully saturated rings. The highest BCUT2D eigenvalue weighted by molar-refractivity contribution is 9.10. The second kappa shape index (κ2) is 3.89. The molecule has 0 aromatic heterocycles. The standard InChI is InChI=1S/C13H16BrNO2/c1-2-8-9(13(15)4-3-5-13)6-10(14)12-11(8)16-7-17-12/h6H,2-5,7,15H2,1H3. The number of ether oxygens (including phenoxy) is 2. The normalized spacial score (nSPS) is 20.2. The lowest BCUT2D eigenvalue weighted by atomic mass is 9.71. The zero-order valence-corrected chi connectivity index (χ0v) is 11.5. The molecule has 92 valence electrons. The summed E-state index contributed by atoms with van der Waals surface area (Å²) in [6.07, 6.45) is 4.26. The highest BCUT2D eigenvalue weighted by atomic mass is 79.9. The van der Waals surface area contributed by atoms with Gasteiger partial charge >= 0.3 is 0 Å². The molecule has 2 aliphatic rings. The predicted octanol–water partition coefficient (Wildman–Crippen LogP) is 3.08. The van der Waals surface area contributed by atoms with Gasteiger partial charge in [0.15, 0.2) is 11.5 Å². The van der Waals surface area contributed by atoms with Crippen LogP contribution in [0, 0.1) is 0 Å². The van der Waals surface area contributed by atoms with Gasteiger partial charge < -0.3 is 15.2 Å². The molecule has 1 heterocycles. The molecule has 1 aliphatic carbocycles. The minimum Gasteiger partial charge on any atom is -0.453 e. The maximum Gasteiger partial charge on any atom is 0.231 e. The van der Waals surface area contributed by atoms with Gasteiger partial charge in [-0.1, -0.05) is 6.92 Å². The molecule has 0 spiro atoms. The van der Waals surface area contributed by atoms with Gasteiger partial charge in [0.05, 0.1) is 4.47 Å². The average molecular weight is 298 g/mol. The van der Waals surface area contributed by atoms with Crippen LogP contribution < -0.4 is 15.2 Å². The highest BCUT2D eigenvalue weighted by Gasteiger charge is 2.38. The third-order valence-electron chi connectivity index (χ3n) is 3.84. The first-order chi connectivity index (χ1) is 8.15. The molecule has 0 bridgehead atoms. The van der Waals surface area contributed by atoms with Crippen LogP contribution in [0.4, 0.5) is 0 Å². The average Bonchev–Trinajstić information content (AvgIpc) is 2.75. The van der Waals surface area contributed by atoms with E-state index in [2.05, 4.69) is 28.9 Å². The van der Waals surface area contributed by atoms with Crippen molar-refractivity contribution >= 4 is 15.9 Å². The molecular weight excluding hydrogens is 282 g/mol. The van der Waals surface area contributed by atoms with Gasteiger partial charge in [-0.2, -0.15) is 0 Å². The predicted molar refractivity (Wildman–Crippen MR) is 69.4 cm³/mol. The molecule has 0 unspecified atom stereocenters. The van der Waals surface area contributed by atoms with E-state index in [4.69, 9.17) is 15.2 Å². The van der Waals surface area contributed by atoms with Gasteiger partial charge in [-0.3, -0.25) is 0 Å². The van der Waals surface area contributed by atoms with Gasteiger partial charge in [-0.05, 0) is 53.2 Å². The van der Waals surface area contributed by atoms with Gasteiger partial charge in [0.25, 0.3) is 0 Å². The van der Waals surface area contributed by atoms with Crippen LogP contribution in [0.15, 0.2) is 10.5 Å². The maximum atomic E-state index is 6.45. The minimum atomic E-state index is -0.158. The van der Waals surface area contributed by atoms with Crippen LogP contribution in [0.3, 0.4) is 0 Å². The third-order valence-corrected chi connectivity index (χ3v) is 4.42. The van der Waals surface area contributed by atoms with Crippen LogP contribution >= 0.6 is 15.9 Å². The monoisotopic (exact) mass is 297 g/mol. The lowest BCUT2D eigenvalue weighted by Crippen LogP contribution is -2.44. The van der Waals surface area contributed by atoms with E-state index in [1.54, 1.807) is 0 Å². The van der Waals surface area contributed by atoms with E-state index in [0.717, 1.165) is 35.2 Å². The van der Waals surface area contributed by atoms with E-state index in [1.165, 1.54) is 17.5 Å². The Kier molecular flexibility index (Phi) is 2.60. The summed E-state index contributed by atoms with van der Waals surface area (Å²) >= 11 is 3.55. The van der Waals surface area contributed by atoms with Crippen LogP contribution in [0.1, 0.15) is 37.3 Å². The fourth-order valence-corrected chi connectivity index (χ4v) is 3.23. The molecule has 0 atom stereocenters. The summed E-state index contributed by atoms with van der Waals surface area (Å²) in [5, 5.41) is 0. The summed E-state index contributed by atoms with van der Waals surface area (Å²) in [5.41, 5.74) is 8.72. The Labute approximate surface area is 109 Å². The van der Waals surface area contributed by atoms with E-state index < -0.39 is 0 Å². The number of benzene rings is 1. The third kappa shape index (κ3) is 1.58. The van der Waals surface area contributed by atoms with Crippen molar-refractivity contribution in [2.75, 3.05) is 6.79 Å². The van der Waals surface area contributed by atoms with Crippen molar-refractivity contribution in [3.05, 3.63) is 21.7 Å². The second-order valence-corrected chi connectivity index (χ2v) is 5.67. The van der Waals surface area contributed by atoms with Crippen molar-refractivity contribution in [3.8, 4) is 11.5 Å². The fraction of sp³-hybridized carbons (Fsp3) is 0.538. The quantitative estimate of drug-likeness (QED) is 0.912. The van der Waals surface area contributed by atoms with Crippen molar-refractivity contribution < 1.29 is 9.47 Å². The second-order valence-electron chi connectivity index (χ2n) is 4.81. The van der Waals surface area contributed by atoms with E-state index in [1.807, 2.05) is 0 Å². The van der Waals surface area contributed by atoms with Gasteiger partial charge in [0.1, 0.15) is 0 Å². The number of halogens is 1. The molecule has 1 aromatic carbocycles. The summed E-state index contributed by atoms with van der Waals surface area (Å²) in [5.74, 6) is 1.71. The summed E-state index contributed by atoms with van der Waals surface area (Å²) in [6.45, 7) is 2.44. The molecular formula is C13H16BrNO2. The first kappa shape index (κ1) is 11.4. The van der Waals surface area contributed by atoms with Crippen LogP contribution in [0.2, 0.25) is 0 Å². The van der Waals surface area contributed by atoms with Crippen LogP contribution in [-0.2, 0) is 12.0 Å². The number of nitrogens with two attached hydrogens (primary N) is 1. The zero-order chi connectivity index (χ0) is 12.0. The Hall–Kier alpha value is -0.740. The molecule has 4 heteroatoms. The van der Waals surface area contributed by atoms with Crippen molar-refractivity contribution in [2.45, 2.75) is 38.1 Å². The van der Waals surface area contributed by atoms with E-state index in [-0.39, 0.29) is 5.54 Å². The lowest BCUT2D eigenvalue weighted by molar-refractivity contribution is 0.172. The number of rotatable bonds is 2. The molecule has 0 radical (unpaired) electrons. The topological polar surface area (TPSA) is 44.5 Å². The van der Waals surface area contributed by atoms with Gasteiger partial charge in [-0.25, -0.2) is 0 Å². The molecule has 3 nitrogen and oxygen atoms in total. The molecule has 3 rings (SSSR count). The smallest absolute Gasteiger partial charge is 0.231 e. The van der Waals surface area contributed by atoms with Crippen LogP contribution in [0.25, 0.3) is 0 Å². The van der Waals surface area contributed by atoms with Crippen molar-refractivity contribution in [1.29, 1.82) is 0 Å². The van der Waals surface area contributed by atoms with Gasteiger partial charge in [-0.15, -0.1) is 0 Å². The summed E-state index contributed by atoms with van der Waals surface area (Å²) in [6, 6.07) is 2.12. The van der Waals surface area contributed by atoms with Crippen molar-refractivity contribution in [3.63, 3.8) is 0 Å². The zero-order valence-electron chi connectivity index (χ0n) is 9.88. The summed E-state index contributed by atoms with van der Waals surface area (Å²) < 4.78 is 12.0. The lowest BCUT2D eigenvalue weighted by Gasteiger charge is -2.40. The Morgan fingerprint density at radius 3 is 2.65 bits per heavy atom. The first-order valence-electron chi connectivity index (χ1n) is 6.06. The van der Waals surface area contributed by atoms with E-state index in [9.17, 15) is 0 Å². The SMILES string of the molecule is CCc1c(C2(N)CCC2)cc(Br)c2c1OCO2. The maximum absolute atomic E-state index is 6.45. The van der Waals surface area contributed by atoms with Gasteiger partial charge in [0, 0.05) is 11.1 Å². The van der Waals surface area contributed by atoms with Crippen molar-refractivity contribution in [1.82, 2.24) is 0 Å². The fourth-order valence-electron chi connectivity index (χ4n) is 2.70. The van der Waals surface area contributed by atoms with E-state index >= 15 is 0 Å². The largest absolute Gasteiger partial charge is 0.453 e. The summed E-state index contributed by atoms with van der Waals surface area (Å²) in [7, 11) is 0. The van der Waals surface area contributed by atoms with Crippen LogP contribution in [0.5, 0.6) is 11.5 Å². The summed E-state index contributed by atoms with van der Waals surface area (Å²) in [4.78, 5) is 0. The minimum absolute atomic E-state index is 0.158. The Morgan fingerprint density at radius 2 is 2.06 bits per heavy atom. The molecule has 2 N–H and O–H groups in total. The van der Waals surface area contributed by atoms with E-state index in [0.29, 0.717) is 6.79 Å². The first-order valence-corrected chi connectivity index (χ1v) is 6.85. The molecule has 0 amide bonds. The van der Waals surface area contributed by atoms with Crippen LogP contribution in [-0.4, -0.2) is 6.79 Å². The molecule has 17 heavy (non-hydrogen) atoms. The molecule has 1 aliphatic heterocycles. The Balaban J connectivity index is 2.18. The number of hydrogen-bond donors (Lipinski definition) is 1. The molecule has 1 saturated carbocycles.